The lowest BCUT2D eigenvalue weighted by Gasteiger charge is -2.02. The van der Waals surface area contributed by atoms with E-state index in [4.69, 9.17) is 15.2 Å². The SMILES string of the molecule is CC(C)CO/C(O)=C\[N+]#N. The van der Waals surface area contributed by atoms with E-state index in [1.54, 1.807) is 0 Å². The van der Waals surface area contributed by atoms with Gasteiger partial charge in [0.05, 0.1) is 6.61 Å². The summed E-state index contributed by atoms with van der Waals surface area (Å²) in [6.07, 6.45) is 0.836. The minimum Gasteiger partial charge on any atom is -0.476 e. The molecule has 0 bridgehead atoms. The molecule has 0 fully saturated rings. The zero-order valence-electron chi connectivity index (χ0n) is 6.11. The predicted octanol–water partition coefficient (Wildman–Crippen LogP) is 1.87. The Balaban J connectivity index is 3.51. The fourth-order valence-electron chi connectivity index (χ4n) is 0.339. The van der Waals surface area contributed by atoms with Gasteiger partial charge in [0.25, 0.3) is 0 Å². The van der Waals surface area contributed by atoms with Crippen molar-refractivity contribution in [2.75, 3.05) is 6.61 Å². The van der Waals surface area contributed by atoms with Crippen LogP contribution >= 0.6 is 0 Å². The summed E-state index contributed by atoms with van der Waals surface area (Å²) in [4.78, 5) is 2.58. The maximum atomic E-state index is 8.68. The summed E-state index contributed by atoms with van der Waals surface area (Å²) in [5.41, 5.74) is 0. The fraction of sp³-hybridized carbons (Fsp3) is 0.667. The highest BCUT2D eigenvalue weighted by atomic mass is 16.6. The molecule has 0 unspecified atom stereocenters. The zero-order chi connectivity index (χ0) is 7.98. The second kappa shape index (κ2) is 4.62. The summed E-state index contributed by atoms with van der Waals surface area (Å²) in [6, 6.07) is 0. The lowest BCUT2D eigenvalue weighted by molar-refractivity contribution is 0.0766. The van der Waals surface area contributed by atoms with Crippen LogP contribution < -0.4 is 0 Å². The van der Waals surface area contributed by atoms with E-state index in [2.05, 4.69) is 4.98 Å². The summed E-state index contributed by atoms with van der Waals surface area (Å²) in [6.45, 7) is 4.31. The Morgan fingerprint density at radius 1 is 1.80 bits per heavy atom. The van der Waals surface area contributed by atoms with Gasteiger partial charge in [0, 0.05) is 0 Å². The summed E-state index contributed by atoms with van der Waals surface area (Å²) in [5.74, 6) is -0.0227. The summed E-state index contributed by atoms with van der Waals surface area (Å²) in [7, 11) is 0. The third-order valence-corrected chi connectivity index (χ3v) is 0.733. The number of ether oxygens (including phenoxy) is 1. The molecule has 0 spiro atoms. The molecule has 0 amide bonds. The molecule has 0 aromatic heterocycles. The smallest absolute Gasteiger partial charge is 0.429 e. The molecule has 4 heteroatoms. The van der Waals surface area contributed by atoms with Crippen LogP contribution in [0.5, 0.6) is 0 Å². The Hall–Kier alpha value is -1.24. The minimum atomic E-state index is -0.365. The topological polar surface area (TPSA) is 57.6 Å². The highest BCUT2D eigenvalue weighted by Gasteiger charge is 2.01. The van der Waals surface area contributed by atoms with E-state index < -0.39 is 0 Å². The van der Waals surface area contributed by atoms with Gasteiger partial charge in [-0.15, -0.1) is 0 Å². The van der Waals surface area contributed by atoms with Crippen LogP contribution in [0.2, 0.25) is 0 Å². The number of aliphatic hydroxyl groups is 1. The maximum Gasteiger partial charge on any atom is 0.429 e. The average Bonchev–Trinajstić information content (AvgIpc) is 1.85. The van der Waals surface area contributed by atoms with Crippen LogP contribution in [-0.2, 0) is 4.74 Å². The number of hydrogen-bond donors (Lipinski definition) is 1. The average molecular weight is 143 g/mol. The molecule has 0 radical (unpaired) electrons. The molecule has 0 aliphatic rings. The first kappa shape index (κ1) is 8.76. The van der Waals surface area contributed by atoms with Gasteiger partial charge in [-0.05, 0) is 5.92 Å². The summed E-state index contributed by atoms with van der Waals surface area (Å²) >= 11 is 0. The third-order valence-electron chi connectivity index (χ3n) is 0.733. The van der Waals surface area contributed by atoms with Crippen molar-refractivity contribution in [3.05, 3.63) is 17.1 Å². The van der Waals surface area contributed by atoms with Crippen LogP contribution in [0.25, 0.3) is 4.98 Å². The maximum absolute atomic E-state index is 8.68. The van der Waals surface area contributed by atoms with Gasteiger partial charge in [0.2, 0.25) is 5.39 Å². The number of nitrogens with zero attached hydrogens (tertiary/aromatic N) is 2. The van der Waals surface area contributed by atoms with Crippen LogP contribution in [0.4, 0.5) is 0 Å². The first-order valence-electron chi connectivity index (χ1n) is 3.03. The Kier molecular flexibility index (Phi) is 4.05. The van der Waals surface area contributed by atoms with E-state index in [0.717, 1.165) is 6.20 Å². The van der Waals surface area contributed by atoms with Gasteiger partial charge in [-0.25, -0.2) is 0 Å². The quantitative estimate of drug-likeness (QED) is 0.484. The van der Waals surface area contributed by atoms with Gasteiger partial charge in [-0.1, -0.05) is 13.8 Å². The van der Waals surface area contributed by atoms with Crippen molar-refractivity contribution < 1.29 is 9.84 Å². The van der Waals surface area contributed by atoms with Crippen molar-refractivity contribution in [2.45, 2.75) is 13.8 Å². The molecular formula is C6H11N2O2+. The number of aliphatic hydroxyl groups excluding tert-OH is 1. The molecule has 56 valence electrons. The van der Waals surface area contributed by atoms with E-state index in [1.165, 1.54) is 0 Å². The lowest BCUT2D eigenvalue weighted by Crippen LogP contribution is -2.00. The highest BCUT2D eigenvalue weighted by molar-refractivity contribution is 4.87. The summed E-state index contributed by atoms with van der Waals surface area (Å²) < 4.78 is 4.71. The Morgan fingerprint density at radius 2 is 2.40 bits per heavy atom. The third kappa shape index (κ3) is 4.91. The molecular weight excluding hydrogens is 132 g/mol. The van der Waals surface area contributed by atoms with Crippen molar-refractivity contribution >= 4 is 0 Å². The fourth-order valence-corrected chi connectivity index (χ4v) is 0.339. The van der Waals surface area contributed by atoms with Gasteiger partial charge in [-0.2, -0.15) is 0 Å². The number of hydrogen-bond acceptors (Lipinski definition) is 3. The van der Waals surface area contributed by atoms with Gasteiger partial charge < -0.3 is 9.84 Å². The molecule has 0 aliphatic carbocycles. The molecule has 0 rings (SSSR count). The van der Waals surface area contributed by atoms with Crippen molar-refractivity contribution in [1.29, 1.82) is 5.39 Å². The van der Waals surface area contributed by atoms with Gasteiger partial charge in [0.15, 0.2) is 4.98 Å². The first-order valence-corrected chi connectivity index (χ1v) is 3.03. The van der Waals surface area contributed by atoms with Gasteiger partial charge in [-0.3, -0.25) is 0 Å². The standard InChI is InChI=1S/C6H10N2O2/c1-5(2)4-10-6(9)3-8-7/h3,5H,4H2,1-2H3/p+1/b6-3-. The Labute approximate surface area is 59.7 Å². The molecule has 0 saturated carbocycles. The van der Waals surface area contributed by atoms with Gasteiger partial charge >= 0.3 is 12.1 Å². The highest BCUT2D eigenvalue weighted by Crippen LogP contribution is 1.98. The second-order valence-corrected chi connectivity index (χ2v) is 2.29. The Morgan fingerprint density at radius 3 is 2.80 bits per heavy atom. The van der Waals surface area contributed by atoms with E-state index in [9.17, 15) is 0 Å². The van der Waals surface area contributed by atoms with Crippen molar-refractivity contribution in [2.24, 2.45) is 5.92 Å². The van der Waals surface area contributed by atoms with Crippen molar-refractivity contribution in [3.63, 3.8) is 0 Å². The Bertz CT molecular complexity index is 158. The molecule has 0 aliphatic heterocycles. The van der Waals surface area contributed by atoms with Crippen LogP contribution in [0, 0.1) is 11.3 Å². The molecule has 0 atom stereocenters. The molecule has 0 heterocycles. The van der Waals surface area contributed by atoms with Crippen molar-refractivity contribution in [3.8, 4) is 0 Å². The van der Waals surface area contributed by atoms with E-state index in [0.29, 0.717) is 12.5 Å². The largest absolute Gasteiger partial charge is 0.476 e. The van der Waals surface area contributed by atoms with Crippen LogP contribution in [0.15, 0.2) is 12.1 Å². The second-order valence-electron chi connectivity index (χ2n) is 2.29. The molecule has 0 aromatic carbocycles. The minimum absolute atomic E-state index is 0.342. The lowest BCUT2D eigenvalue weighted by atomic mass is 10.2. The monoisotopic (exact) mass is 143 g/mol. The molecule has 4 nitrogen and oxygen atoms in total. The number of rotatable bonds is 3. The predicted molar refractivity (Wildman–Crippen MR) is 36.6 cm³/mol. The van der Waals surface area contributed by atoms with E-state index in [-0.39, 0.29) is 5.95 Å². The van der Waals surface area contributed by atoms with Crippen LogP contribution in [0.3, 0.4) is 0 Å². The molecule has 0 aromatic rings. The molecule has 1 N–H and O–H groups in total. The van der Waals surface area contributed by atoms with Crippen LogP contribution in [-0.4, -0.2) is 11.7 Å². The number of diazo groups is 1. The zero-order valence-corrected chi connectivity index (χ0v) is 6.11. The van der Waals surface area contributed by atoms with E-state index >= 15 is 0 Å². The first-order chi connectivity index (χ1) is 4.66. The molecule has 10 heavy (non-hydrogen) atoms. The molecule has 0 saturated heterocycles. The summed E-state index contributed by atoms with van der Waals surface area (Å²) in [5, 5.41) is 16.6. The van der Waals surface area contributed by atoms with Gasteiger partial charge in [0.1, 0.15) is 0 Å². The van der Waals surface area contributed by atoms with Crippen LogP contribution in [0.1, 0.15) is 13.8 Å². The normalized spacial score (nSPS) is 11.2. The van der Waals surface area contributed by atoms with E-state index in [1.807, 2.05) is 13.8 Å². The van der Waals surface area contributed by atoms with Crippen molar-refractivity contribution in [1.82, 2.24) is 0 Å².